The molecule has 0 unspecified atom stereocenters. The van der Waals surface area contributed by atoms with E-state index in [1.165, 1.54) is 33.6 Å². The number of nitrogens with zero attached hydrogens (tertiary/aromatic N) is 1. The standard InChI is InChI=1S/C18H17Cl2N3O5/c1-26-13-8-15(28-3)14(27-2)7-10(13)9-21-23-18(25)17(24)22-12-6-4-5-11(19)16(12)20/h4-9H,1-3H3,(H,22,24)(H,23,25)/b21-9+. The second-order valence-electron chi connectivity index (χ2n) is 5.20. The predicted molar refractivity (Wildman–Crippen MR) is 107 cm³/mol. The Morgan fingerprint density at radius 3 is 2.25 bits per heavy atom. The summed E-state index contributed by atoms with van der Waals surface area (Å²) in [5, 5.41) is 6.49. The average molecular weight is 426 g/mol. The van der Waals surface area contributed by atoms with Crippen molar-refractivity contribution >= 4 is 46.9 Å². The number of rotatable bonds is 6. The Morgan fingerprint density at radius 2 is 1.61 bits per heavy atom. The van der Waals surface area contributed by atoms with Crippen LogP contribution >= 0.6 is 23.2 Å². The maximum atomic E-state index is 12.0. The van der Waals surface area contributed by atoms with Crippen LogP contribution in [0, 0.1) is 0 Å². The molecule has 2 rings (SSSR count). The summed E-state index contributed by atoms with van der Waals surface area (Å²) >= 11 is 11.8. The van der Waals surface area contributed by atoms with Gasteiger partial charge in [-0.1, -0.05) is 29.3 Å². The number of nitrogens with one attached hydrogen (secondary N) is 2. The number of hydrogen-bond donors (Lipinski definition) is 2. The van der Waals surface area contributed by atoms with Crippen LogP contribution in [-0.2, 0) is 9.59 Å². The average Bonchev–Trinajstić information content (AvgIpc) is 2.70. The van der Waals surface area contributed by atoms with E-state index in [2.05, 4.69) is 15.8 Å². The van der Waals surface area contributed by atoms with Crippen LogP contribution in [0.5, 0.6) is 17.2 Å². The summed E-state index contributed by atoms with van der Waals surface area (Å²) in [6.07, 6.45) is 1.30. The largest absolute Gasteiger partial charge is 0.496 e. The van der Waals surface area contributed by atoms with Crippen molar-refractivity contribution < 1.29 is 23.8 Å². The lowest BCUT2D eigenvalue weighted by Gasteiger charge is -2.11. The van der Waals surface area contributed by atoms with Gasteiger partial charge in [-0.3, -0.25) is 9.59 Å². The highest BCUT2D eigenvalue weighted by atomic mass is 35.5. The van der Waals surface area contributed by atoms with E-state index in [1.807, 2.05) is 0 Å². The van der Waals surface area contributed by atoms with E-state index in [9.17, 15) is 9.59 Å². The molecule has 148 valence electrons. The SMILES string of the molecule is COc1cc(OC)c(OC)cc1/C=N/NC(=O)C(=O)Nc1cccc(Cl)c1Cl. The van der Waals surface area contributed by atoms with Crippen LogP contribution in [0.15, 0.2) is 35.4 Å². The highest BCUT2D eigenvalue weighted by molar-refractivity contribution is 6.45. The molecule has 0 saturated carbocycles. The van der Waals surface area contributed by atoms with Gasteiger partial charge < -0.3 is 19.5 Å². The van der Waals surface area contributed by atoms with Gasteiger partial charge in [0.05, 0.1) is 43.3 Å². The molecule has 0 fully saturated rings. The third kappa shape index (κ3) is 5.05. The van der Waals surface area contributed by atoms with Crippen LogP contribution in [0.2, 0.25) is 10.0 Å². The summed E-state index contributed by atoms with van der Waals surface area (Å²) in [4.78, 5) is 23.9. The van der Waals surface area contributed by atoms with E-state index in [0.29, 0.717) is 22.8 Å². The Hall–Kier alpha value is -2.97. The van der Waals surface area contributed by atoms with Crippen molar-refractivity contribution in [2.24, 2.45) is 5.10 Å². The van der Waals surface area contributed by atoms with Gasteiger partial charge in [-0.2, -0.15) is 5.10 Å². The molecule has 0 aliphatic rings. The summed E-state index contributed by atoms with van der Waals surface area (Å²) < 4.78 is 15.7. The molecule has 0 aliphatic carbocycles. The fourth-order valence-corrected chi connectivity index (χ4v) is 2.49. The van der Waals surface area contributed by atoms with Crippen LogP contribution < -0.4 is 25.0 Å². The minimum atomic E-state index is -0.994. The molecular weight excluding hydrogens is 409 g/mol. The number of methoxy groups -OCH3 is 3. The van der Waals surface area contributed by atoms with E-state index in [0.717, 1.165) is 0 Å². The third-order valence-corrected chi connectivity index (χ3v) is 4.33. The van der Waals surface area contributed by atoms with Gasteiger partial charge >= 0.3 is 11.8 Å². The Balaban J connectivity index is 2.08. The molecule has 0 spiro atoms. The molecule has 0 radical (unpaired) electrons. The molecule has 10 heteroatoms. The summed E-state index contributed by atoms with van der Waals surface area (Å²) in [6.45, 7) is 0. The summed E-state index contributed by atoms with van der Waals surface area (Å²) in [5.74, 6) is -0.596. The second-order valence-corrected chi connectivity index (χ2v) is 5.99. The Bertz CT molecular complexity index is 918. The van der Waals surface area contributed by atoms with E-state index in [1.54, 1.807) is 24.3 Å². The molecule has 2 amide bonds. The normalized spacial score (nSPS) is 10.5. The van der Waals surface area contributed by atoms with Crippen molar-refractivity contribution in [3.05, 3.63) is 45.9 Å². The molecule has 8 nitrogen and oxygen atoms in total. The fraction of sp³-hybridized carbons (Fsp3) is 0.167. The quantitative estimate of drug-likeness (QED) is 0.420. The van der Waals surface area contributed by atoms with Gasteiger partial charge in [-0.15, -0.1) is 0 Å². The van der Waals surface area contributed by atoms with E-state index < -0.39 is 11.8 Å². The van der Waals surface area contributed by atoms with Crippen LogP contribution in [-0.4, -0.2) is 39.4 Å². The Labute approximate surface area is 171 Å². The molecule has 2 N–H and O–H groups in total. The second kappa shape index (κ2) is 9.82. The van der Waals surface area contributed by atoms with E-state index >= 15 is 0 Å². The maximum Gasteiger partial charge on any atom is 0.329 e. The zero-order valence-corrected chi connectivity index (χ0v) is 16.7. The van der Waals surface area contributed by atoms with Crippen LogP contribution in [0.4, 0.5) is 5.69 Å². The van der Waals surface area contributed by atoms with Crippen molar-refractivity contribution in [3.8, 4) is 17.2 Å². The molecule has 0 atom stereocenters. The van der Waals surface area contributed by atoms with Crippen molar-refractivity contribution in [2.45, 2.75) is 0 Å². The van der Waals surface area contributed by atoms with Gasteiger partial charge in [0, 0.05) is 11.6 Å². The Kier molecular flexibility index (Phi) is 7.48. The number of hydrazone groups is 1. The fourth-order valence-electron chi connectivity index (χ4n) is 2.14. The molecule has 0 bridgehead atoms. The van der Waals surface area contributed by atoms with Gasteiger partial charge in [0.15, 0.2) is 11.5 Å². The number of carbonyl (C=O) groups is 2. The minimum absolute atomic E-state index is 0.129. The topological polar surface area (TPSA) is 98.2 Å². The number of benzene rings is 2. The first-order chi connectivity index (χ1) is 13.4. The number of amides is 2. The van der Waals surface area contributed by atoms with E-state index in [-0.39, 0.29) is 15.7 Å². The molecule has 28 heavy (non-hydrogen) atoms. The molecular formula is C18H17Cl2N3O5. The van der Waals surface area contributed by atoms with Crippen molar-refractivity contribution in [3.63, 3.8) is 0 Å². The van der Waals surface area contributed by atoms with Crippen LogP contribution in [0.1, 0.15) is 5.56 Å². The summed E-state index contributed by atoms with van der Waals surface area (Å²) in [7, 11) is 4.45. The first kappa shape index (κ1) is 21.3. The smallest absolute Gasteiger partial charge is 0.329 e. The molecule has 2 aromatic carbocycles. The number of anilines is 1. The van der Waals surface area contributed by atoms with Gasteiger partial charge in [-0.25, -0.2) is 5.43 Å². The Morgan fingerprint density at radius 1 is 0.964 bits per heavy atom. The lowest BCUT2D eigenvalue weighted by molar-refractivity contribution is -0.136. The lowest BCUT2D eigenvalue weighted by atomic mass is 10.2. The zero-order chi connectivity index (χ0) is 20.7. The van der Waals surface area contributed by atoms with Gasteiger partial charge in [-0.05, 0) is 18.2 Å². The number of ether oxygens (including phenoxy) is 3. The minimum Gasteiger partial charge on any atom is -0.496 e. The van der Waals surface area contributed by atoms with Crippen LogP contribution in [0.3, 0.4) is 0 Å². The lowest BCUT2D eigenvalue weighted by Crippen LogP contribution is -2.32. The van der Waals surface area contributed by atoms with Gasteiger partial charge in [0.2, 0.25) is 0 Å². The zero-order valence-electron chi connectivity index (χ0n) is 15.2. The monoisotopic (exact) mass is 425 g/mol. The first-order valence-electron chi connectivity index (χ1n) is 7.79. The van der Waals surface area contributed by atoms with Gasteiger partial charge in [0.1, 0.15) is 5.75 Å². The first-order valence-corrected chi connectivity index (χ1v) is 8.55. The van der Waals surface area contributed by atoms with Crippen molar-refractivity contribution in [1.82, 2.24) is 5.43 Å². The van der Waals surface area contributed by atoms with Crippen LogP contribution in [0.25, 0.3) is 0 Å². The van der Waals surface area contributed by atoms with E-state index in [4.69, 9.17) is 37.4 Å². The predicted octanol–water partition coefficient (Wildman–Crippen LogP) is 3.11. The third-order valence-electron chi connectivity index (χ3n) is 3.51. The highest BCUT2D eigenvalue weighted by Crippen LogP contribution is 2.33. The number of carbonyl (C=O) groups excluding carboxylic acids is 2. The van der Waals surface area contributed by atoms with Crippen molar-refractivity contribution in [1.29, 1.82) is 0 Å². The molecule has 0 saturated heterocycles. The summed E-state index contributed by atoms with van der Waals surface area (Å²) in [6, 6.07) is 7.87. The number of hydrogen-bond acceptors (Lipinski definition) is 6. The summed E-state index contributed by atoms with van der Waals surface area (Å²) in [5.41, 5.74) is 2.82. The van der Waals surface area contributed by atoms with Crippen molar-refractivity contribution in [2.75, 3.05) is 26.6 Å². The number of halogens is 2. The molecule has 2 aromatic rings. The molecule has 0 aliphatic heterocycles. The van der Waals surface area contributed by atoms with Gasteiger partial charge in [0.25, 0.3) is 0 Å². The molecule has 0 aromatic heterocycles. The molecule has 0 heterocycles. The highest BCUT2D eigenvalue weighted by Gasteiger charge is 2.16. The maximum absolute atomic E-state index is 12.0.